The zero-order valence-electron chi connectivity index (χ0n) is 10.9. The van der Waals surface area contributed by atoms with E-state index in [4.69, 9.17) is 9.84 Å². The minimum atomic E-state index is -0.963. The number of benzene rings is 2. The van der Waals surface area contributed by atoms with Gasteiger partial charge >= 0.3 is 0 Å². The van der Waals surface area contributed by atoms with Gasteiger partial charge in [-0.05, 0) is 12.1 Å². The molecule has 0 aliphatic carbocycles. The molecule has 0 spiro atoms. The maximum absolute atomic E-state index is 12.4. The number of carbonyl (C=O) groups excluding carboxylic acids is 1. The standard InChI is InChI=1S/C16H16O4/c17-10-13(18)11-20-15-9-5-4-8-14(15)16(19)12-6-2-1-3-7-12/h1-9,13,17-18H,10-11H2. The molecule has 0 aliphatic heterocycles. The Morgan fingerprint density at radius 3 is 2.40 bits per heavy atom. The molecule has 2 N–H and O–H groups in total. The number of aliphatic hydroxyl groups excluding tert-OH is 2. The molecule has 0 fully saturated rings. The number of hydrogen-bond acceptors (Lipinski definition) is 4. The van der Waals surface area contributed by atoms with E-state index >= 15 is 0 Å². The van der Waals surface area contributed by atoms with Gasteiger partial charge in [-0.1, -0.05) is 42.5 Å². The Balaban J connectivity index is 2.21. The third-order valence-electron chi connectivity index (χ3n) is 2.81. The summed E-state index contributed by atoms with van der Waals surface area (Å²) < 4.78 is 5.40. The van der Waals surface area contributed by atoms with Crippen LogP contribution in [0.25, 0.3) is 0 Å². The number of ether oxygens (including phenoxy) is 1. The highest BCUT2D eigenvalue weighted by Gasteiger charge is 2.14. The zero-order chi connectivity index (χ0) is 14.4. The van der Waals surface area contributed by atoms with Crippen molar-refractivity contribution < 1.29 is 19.7 Å². The number of ketones is 1. The van der Waals surface area contributed by atoms with Gasteiger partial charge in [0.15, 0.2) is 5.78 Å². The van der Waals surface area contributed by atoms with E-state index in [0.717, 1.165) is 0 Å². The third kappa shape index (κ3) is 3.44. The molecule has 0 aliphatic rings. The average molecular weight is 272 g/mol. The summed E-state index contributed by atoms with van der Waals surface area (Å²) in [5.74, 6) is 0.258. The van der Waals surface area contributed by atoms with E-state index in [0.29, 0.717) is 16.9 Å². The molecule has 0 amide bonds. The predicted molar refractivity (Wildman–Crippen MR) is 74.9 cm³/mol. The summed E-state index contributed by atoms with van der Waals surface area (Å²) in [6.07, 6.45) is -0.963. The van der Waals surface area contributed by atoms with Crippen LogP contribution in [0.1, 0.15) is 15.9 Å². The highest BCUT2D eigenvalue weighted by Crippen LogP contribution is 2.21. The van der Waals surface area contributed by atoms with Crippen LogP contribution in [0.3, 0.4) is 0 Å². The van der Waals surface area contributed by atoms with Crippen molar-refractivity contribution in [2.45, 2.75) is 6.10 Å². The Bertz CT molecular complexity index is 566. The summed E-state index contributed by atoms with van der Waals surface area (Å²) in [7, 11) is 0. The Kier molecular flexibility index (Phi) is 4.87. The highest BCUT2D eigenvalue weighted by atomic mass is 16.5. The zero-order valence-corrected chi connectivity index (χ0v) is 10.9. The Morgan fingerprint density at radius 2 is 1.70 bits per heavy atom. The van der Waals surface area contributed by atoms with Gasteiger partial charge in [0, 0.05) is 5.56 Å². The van der Waals surface area contributed by atoms with Crippen molar-refractivity contribution in [3.05, 3.63) is 65.7 Å². The third-order valence-corrected chi connectivity index (χ3v) is 2.81. The van der Waals surface area contributed by atoms with Crippen molar-refractivity contribution in [1.29, 1.82) is 0 Å². The molecule has 1 unspecified atom stereocenters. The molecular formula is C16H16O4. The quantitative estimate of drug-likeness (QED) is 0.785. The van der Waals surface area contributed by atoms with Crippen molar-refractivity contribution in [1.82, 2.24) is 0 Å². The number of carbonyl (C=O) groups is 1. The summed E-state index contributed by atoms with van der Waals surface area (Å²) in [4.78, 5) is 12.4. The summed E-state index contributed by atoms with van der Waals surface area (Å²) >= 11 is 0. The first-order chi connectivity index (χ1) is 9.72. The van der Waals surface area contributed by atoms with Crippen LogP contribution in [0.5, 0.6) is 5.75 Å². The van der Waals surface area contributed by atoms with Crippen molar-refractivity contribution in [3.63, 3.8) is 0 Å². The topological polar surface area (TPSA) is 66.8 Å². The van der Waals surface area contributed by atoms with E-state index in [-0.39, 0.29) is 19.0 Å². The number of aliphatic hydroxyl groups is 2. The Morgan fingerprint density at radius 1 is 1.05 bits per heavy atom. The van der Waals surface area contributed by atoms with Gasteiger partial charge in [0.05, 0.1) is 12.2 Å². The molecule has 2 aromatic carbocycles. The van der Waals surface area contributed by atoms with Crippen LogP contribution in [0.2, 0.25) is 0 Å². The second-order valence-electron chi connectivity index (χ2n) is 4.34. The summed E-state index contributed by atoms with van der Waals surface area (Å²) in [5, 5.41) is 18.1. The van der Waals surface area contributed by atoms with Crippen molar-refractivity contribution >= 4 is 5.78 Å². The SMILES string of the molecule is O=C(c1ccccc1)c1ccccc1OCC(O)CO. The number of rotatable bonds is 6. The number of hydrogen-bond donors (Lipinski definition) is 2. The van der Waals surface area contributed by atoms with Crippen LogP contribution in [0, 0.1) is 0 Å². The molecule has 2 rings (SSSR count). The van der Waals surface area contributed by atoms with Crippen LogP contribution >= 0.6 is 0 Å². The average Bonchev–Trinajstić information content (AvgIpc) is 2.53. The Hall–Kier alpha value is -2.17. The molecule has 104 valence electrons. The molecule has 4 heteroatoms. The summed E-state index contributed by atoms with van der Waals surface area (Å²) in [6.45, 7) is -0.440. The molecule has 0 aromatic heterocycles. The van der Waals surface area contributed by atoms with Gasteiger partial charge in [0.25, 0.3) is 0 Å². The summed E-state index contributed by atoms with van der Waals surface area (Å²) in [6, 6.07) is 15.8. The molecule has 0 saturated heterocycles. The van der Waals surface area contributed by atoms with Crippen molar-refractivity contribution in [2.24, 2.45) is 0 Å². The molecule has 2 aromatic rings. The summed E-state index contributed by atoms with van der Waals surface area (Å²) in [5.41, 5.74) is 1.01. The van der Waals surface area contributed by atoms with E-state index in [1.54, 1.807) is 48.5 Å². The predicted octanol–water partition coefficient (Wildman–Crippen LogP) is 1.65. The number of para-hydroxylation sites is 1. The molecule has 0 radical (unpaired) electrons. The maximum atomic E-state index is 12.4. The van der Waals surface area contributed by atoms with Crippen LogP contribution in [-0.2, 0) is 0 Å². The molecule has 0 bridgehead atoms. The highest BCUT2D eigenvalue weighted by molar-refractivity contribution is 6.10. The van der Waals surface area contributed by atoms with Crippen LogP contribution < -0.4 is 4.74 Å². The minimum Gasteiger partial charge on any atom is -0.490 e. The second-order valence-corrected chi connectivity index (χ2v) is 4.34. The second kappa shape index (κ2) is 6.84. The van der Waals surface area contributed by atoms with Gasteiger partial charge in [-0.15, -0.1) is 0 Å². The first-order valence-electron chi connectivity index (χ1n) is 6.33. The first kappa shape index (κ1) is 14.2. The fourth-order valence-corrected chi connectivity index (χ4v) is 1.76. The smallest absolute Gasteiger partial charge is 0.196 e. The van der Waals surface area contributed by atoms with Gasteiger partial charge < -0.3 is 14.9 Å². The lowest BCUT2D eigenvalue weighted by Crippen LogP contribution is -2.22. The van der Waals surface area contributed by atoms with Gasteiger partial charge in [-0.25, -0.2) is 0 Å². The van der Waals surface area contributed by atoms with Gasteiger partial charge in [0.1, 0.15) is 18.5 Å². The fourth-order valence-electron chi connectivity index (χ4n) is 1.76. The molecule has 1 atom stereocenters. The van der Waals surface area contributed by atoms with Gasteiger partial charge in [-0.2, -0.15) is 0 Å². The van der Waals surface area contributed by atoms with Crippen molar-refractivity contribution in [3.8, 4) is 5.75 Å². The van der Waals surface area contributed by atoms with E-state index < -0.39 is 6.10 Å². The van der Waals surface area contributed by atoms with E-state index in [1.807, 2.05) is 6.07 Å². The Labute approximate surface area is 117 Å². The monoisotopic (exact) mass is 272 g/mol. The largest absolute Gasteiger partial charge is 0.490 e. The van der Waals surface area contributed by atoms with Crippen molar-refractivity contribution in [2.75, 3.05) is 13.2 Å². The lowest BCUT2D eigenvalue weighted by molar-refractivity contribution is 0.0532. The lowest BCUT2D eigenvalue weighted by atomic mass is 10.0. The molecule has 0 saturated carbocycles. The van der Waals surface area contributed by atoms with Gasteiger partial charge in [-0.3, -0.25) is 4.79 Å². The normalized spacial score (nSPS) is 11.9. The molecular weight excluding hydrogens is 256 g/mol. The van der Waals surface area contributed by atoms with Crippen LogP contribution in [0.15, 0.2) is 54.6 Å². The van der Waals surface area contributed by atoms with E-state index in [2.05, 4.69) is 0 Å². The fraction of sp³-hybridized carbons (Fsp3) is 0.188. The maximum Gasteiger partial charge on any atom is 0.196 e. The molecule has 20 heavy (non-hydrogen) atoms. The molecule has 4 nitrogen and oxygen atoms in total. The minimum absolute atomic E-state index is 0.0599. The van der Waals surface area contributed by atoms with E-state index in [1.165, 1.54) is 0 Å². The van der Waals surface area contributed by atoms with Gasteiger partial charge in [0.2, 0.25) is 0 Å². The van der Waals surface area contributed by atoms with Crippen LogP contribution in [0.4, 0.5) is 0 Å². The van der Waals surface area contributed by atoms with E-state index in [9.17, 15) is 9.90 Å². The van der Waals surface area contributed by atoms with Crippen LogP contribution in [-0.4, -0.2) is 35.3 Å². The first-order valence-corrected chi connectivity index (χ1v) is 6.33. The molecule has 0 heterocycles. The lowest BCUT2D eigenvalue weighted by Gasteiger charge is -2.13.